The van der Waals surface area contributed by atoms with Crippen LogP contribution in [0.25, 0.3) is 0 Å². The van der Waals surface area contributed by atoms with Crippen molar-refractivity contribution in [2.45, 2.75) is 6.04 Å². The fourth-order valence-electron chi connectivity index (χ4n) is 2.00. The van der Waals surface area contributed by atoms with Gasteiger partial charge in [-0.15, -0.1) is 0 Å². The molecule has 2 aromatic carbocycles. The third-order valence-corrected chi connectivity index (χ3v) is 4.03. The topological polar surface area (TPSA) is 12.0 Å². The van der Waals surface area contributed by atoms with Crippen LogP contribution < -0.4 is 5.32 Å². The Balaban J connectivity index is 2.64. The summed E-state index contributed by atoms with van der Waals surface area (Å²) >= 11 is 6.24. The summed E-state index contributed by atoms with van der Waals surface area (Å²) in [6.45, 7) is 0. The van der Waals surface area contributed by atoms with Gasteiger partial charge in [0.15, 0.2) is 0 Å². The van der Waals surface area contributed by atoms with Gasteiger partial charge in [-0.25, -0.2) is 13.2 Å². The van der Waals surface area contributed by atoms with Crippen LogP contribution in [0.3, 0.4) is 0 Å². The summed E-state index contributed by atoms with van der Waals surface area (Å²) in [7, 11) is 1.52. The van der Waals surface area contributed by atoms with Crippen LogP contribution in [0.1, 0.15) is 17.2 Å². The molecule has 0 amide bonds. The van der Waals surface area contributed by atoms with Gasteiger partial charge >= 0.3 is 0 Å². The lowest BCUT2D eigenvalue weighted by Gasteiger charge is -2.20. The zero-order valence-corrected chi connectivity index (χ0v) is 13.5. The molecule has 6 heteroatoms. The van der Waals surface area contributed by atoms with Gasteiger partial charge in [-0.05, 0) is 53.3 Å². The minimum Gasteiger partial charge on any atom is -0.309 e. The second-order valence-electron chi connectivity index (χ2n) is 4.14. The van der Waals surface area contributed by atoms with E-state index in [-0.39, 0.29) is 15.6 Å². The maximum Gasteiger partial charge on any atom is 0.145 e. The number of benzene rings is 2. The van der Waals surface area contributed by atoms with Crippen molar-refractivity contribution in [3.8, 4) is 0 Å². The normalized spacial score (nSPS) is 12.5. The van der Waals surface area contributed by atoms with E-state index in [0.717, 1.165) is 6.07 Å². The first kappa shape index (κ1) is 15.5. The highest BCUT2D eigenvalue weighted by Crippen LogP contribution is 2.32. The van der Waals surface area contributed by atoms with E-state index in [1.165, 1.54) is 31.3 Å². The fourth-order valence-corrected chi connectivity index (χ4v) is 2.72. The van der Waals surface area contributed by atoms with E-state index in [1.807, 2.05) is 0 Å². The minimum absolute atomic E-state index is 0.129. The minimum atomic E-state index is -0.926. The van der Waals surface area contributed by atoms with E-state index in [2.05, 4.69) is 37.2 Å². The predicted molar refractivity (Wildman–Crippen MR) is 79.1 cm³/mol. The molecular formula is C14H10Br2F3N. The Labute approximate surface area is 131 Å². The van der Waals surface area contributed by atoms with Crippen LogP contribution in [-0.2, 0) is 0 Å². The van der Waals surface area contributed by atoms with E-state index in [1.54, 1.807) is 0 Å². The number of halogens is 5. The second-order valence-corrected chi connectivity index (χ2v) is 5.91. The highest BCUT2D eigenvalue weighted by atomic mass is 79.9. The molecule has 0 saturated heterocycles. The van der Waals surface area contributed by atoms with Crippen molar-refractivity contribution in [2.75, 3.05) is 7.05 Å². The quantitative estimate of drug-likeness (QED) is 0.709. The molecular weight excluding hydrogens is 399 g/mol. The number of hydrogen-bond acceptors (Lipinski definition) is 1. The van der Waals surface area contributed by atoms with Crippen LogP contribution in [0.15, 0.2) is 39.3 Å². The van der Waals surface area contributed by atoms with Crippen LogP contribution in [0.2, 0.25) is 0 Å². The first-order valence-electron chi connectivity index (χ1n) is 5.71. The molecule has 20 heavy (non-hydrogen) atoms. The smallest absolute Gasteiger partial charge is 0.145 e. The van der Waals surface area contributed by atoms with Gasteiger partial charge in [0.25, 0.3) is 0 Å². The van der Waals surface area contributed by atoms with Crippen molar-refractivity contribution in [1.82, 2.24) is 5.32 Å². The van der Waals surface area contributed by atoms with E-state index < -0.39 is 23.5 Å². The Morgan fingerprint density at radius 3 is 2.30 bits per heavy atom. The monoisotopic (exact) mass is 407 g/mol. The average molecular weight is 409 g/mol. The molecule has 0 bridgehead atoms. The standard InChI is InChI=1S/C14H10Br2F3N/c1-20-14(8-6-7(15)2-4-10(8)17)12-11(18)5-3-9(16)13(12)19/h2-6,14,20H,1H3. The Morgan fingerprint density at radius 2 is 1.65 bits per heavy atom. The highest BCUT2D eigenvalue weighted by Gasteiger charge is 2.24. The molecule has 0 aliphatic rings. The molecule has 0 saturated carbocycles. The molecule has 1 atom stereocenters. The van der Waals surface area contributed by atoms with Crippen molar-refractivity contribution in [1.29, 1.82) is 0 Å². The molecule has 0 fully saturated rings. The summed E-state index contributed by atoms with van der Waals surface area (Å²) in [5.41, 5.74) is -0.0587. The first-order chi connectivity index (χ1) is 9.45. The Morgan fingerprint density at radius 1 is 1.00 bits per heavy atom. The van der Waals surface area contributed by atoms with Gasteiger partial charge < -0.3 is 5.32 Å². The summed E-state index contributed by atoms with van der Waals surface area (Å²) in [5.74, 6) is -2.01. The lowest BCUT2D eigenvalue weighted by molar-refractivity contribution is 0.505. The summed E-state index contributed by atoms with van der Waals surface area (Å²) in [5, 5.41) is 2.75. The lowest BCUT2D eigenvalue weighted by atomic mass is 9.97. The van der Waals surface area contributed by atoms with Gasteiger partial charge in [0.1, 0.15) is 17.5 Å². The molecule has 2 rings (SSSR count). The molecule has 0 aliphatic carbocycles. The van der Waals surface area contributed by atoms with E-state index in [4.69, 9.17) is 0 Å². The maximum absolute atomic E-state index is 14.2. The zero-order valence-electron chi connectivity index (χ0n) is 10.4. The van der Waals surface area contributed by atoms with Gasteiger partial charge in [0.05, 0.1) is 10.5 Å². The number of rotatable bonds is 3. The molecule has 0 spiro atoms. The van der Waals surface area contributed by atoms with Crippen LogP contribution in [0, 0.1) is 17.5 Å². The highest BCUT2D eigenvalue weighted by molar-refractivity contribution is 9.10. The van der Waals surface area contributed by atoms with Crippen LogP contribution in [0.4, 0.5) is 13.2 Å². The summed E-state index contributed by atoms with van der Waals surface area (Å²) < 4.78 is 42.8. The van der Waals surface area contributed by atoms with E-state index in [0.29, 0.717) is 4.47 Å². The predicted octanol–water partition coefficient (Wildman–Crippen LogP) is 4.94. The summed E-state index contributed by atoms with van der Waals surface area (Å²) in [6.07, 6.45) is 0. The SMILES string of the molecule is CNC(c1cc(Br)ccc1F)c1c(F)ccc(Br)c1F. The number of nitrogens with one attached hydrogen (secondary N) is 1. The average Bonchev–Trinajstić information content (AvgIpc) is 2.42. The van der Waals surface area contributed by atoms with E-state index >= 15 is 0 Å². The third-order valence-electron chi connectivity index (χ3n) is 2.93. The van der Waals surface area contributed by atoms with Gasteiger partial charge in [-0.1, -0.05) is 15.9 Å². The van der Waals surface area contributed by atoms with E-state index in [9.17, 15) is 13.2 Å². The van der Waals surface area contributed by atoms with Crippen molar-refractivity contribution in [2.24, 2.45) is 0 Å². The zero-order chi connectivity index (χ0) is 14.9. The van der Waals surface area contributed by atoms with Gasteiger partial charge in [0, 0.05) is 15.6 Å². The summed E-state index contributed by atoms with van der Waals surface area (Å²) in [4.78, 5) is 0. The Hall–Kier alpha value is -0.850. The maximum atomic E-state index is 14.2. The van der Waals surface area contributed by atoms with Crippen molar-refractivity contribution < 1.29 is 13.2 Å². The van der Waals surface area contributed by atoms with Crippen LogP contribution >= 0.6 is 31.9 Å². The second kappa shape index (κ2) is 6.28. The molecule has 106 valence electrons. The first-order valence-corrected chi connectivity index (χ1v) is 7.30. The molecule has 1 unspecified atom stereocenters. The van der Waals surface area contributed by atoms with Gasteiger partial charge in [-0.2, -0.15) is 0 Å². The molecule has 0 radical (unpaired) electrons. The van der Waals surface area contributed by atoms with Crippen molar-refractivity contribution in [3.63, 3.8) is 0 Å². The molecule has 2 aromatic rings. The molecule has 0 heterocycles. The molecule has 1 nitrogen and oxygen atoms in total. The Bertz CT molecular complexity index is 647. The van der Waals surface area contributed by atoms with Gasteiger partial charge in [0.2, 0.25) is 0 Å². The summed E-state index contributed by atoms with van der Waals surface area (Å²) in [6, 6.07) is 5.76. The molecule has 0 aromatic heterocycles. The van der Waals surface area contributed by atoms with Crippen LogP contribution in [0.5, 0.6) is 0 Å². The third kappa shape index (κ3) is 2.92. The van der Waals surface area contributed by atoms with Crippen molar-refractivity contribution in [3.05, 3.63) is 67.9 Å². The molecule has 0 aliphatic heterocycles. The fraction of sp³-hybridized carbons (Fsp3) is 0.143. The largest absolute Gasteiger partial charge is 0.309 e. The number of hydrogen-bond donors (Lipinski definition) is 1. The molecule has 1 N–H and O–H groups in total. The Kier molecular flexibility index (Phi) is 4.88. The van der Waals surface area contributed by atoms with Crippen molar-refractivity contribution >= 4 is 31.9 Å². The lowest BCUT2D eigenvalue weighted by Crippen LogP contribution is -2.22. The van der Waals surface area contributed by atoms with Gasteiger partial charge in [-0.3, -0.25) is 0 Å². The van der Waals surface area contributed by atoms with Crippen LogP contribution in [-0.4, -0.2) is 7.05 Å².